The molecule has 9 nitrogen and oxygen atoms in total. The number of pyridine rings is 1. The minimum Gasteiger partial charge on any atom is -0.493 e. The molecule has 0 aliphatic carbocycles. The Balaban J connectivity index is 1.65. The first-order chi connectivity index (χ1) is 19.3. The van der Waals surface area contributed by atoms with E-state index in [1.807, 2.05) is 45.0 Å². The van der Waals surface area contributed by atoms with Crippen LogP contribution in [0, 0.1) is 6.92 Å². The van der Waals surface area contributed by atoms with Gasteiger partial charge in [-0.05, 0) is 49.6 Å². The van der Waals surface area contributed by atoms with Gasteiger partial charge in [0.2, 0.25) is 22.5 Å². The van der Waals surface area contributed by atoms with Gasteiger partial charge < -0.3 is 14.6 Å². The highest BCUT2D eigenvalue weighted by Crippen LogP contribution is 2.43. The first-order valence-corrected chi connectivity index (χ1v) is 14.8. The molecule has 0 amide bonds. The molecule has 0 bridgehead atoms. The highest BCUT2D eigenvalue weighted by atomic mass is 32.2. The number of rotatable bonds is 9. The zero-order valence-corrected chi connectivity index (χ0v) is 23.4. The van der Waals surface area contributed by atoms with E-state index >= 15 is 0 Å². The van der Waals surface area contributed by atoms with Gasteiger partial charge in [-0.15, -0.1) is 0 Å². The van der Waals surface area contributed by atoms with Gasteiger partial charge >= 0.3 is 0 Å². The lowest BCUT2D eigenvalue weighted by molar-refractivity contribution is 0.172. The van der Waals surface area contributed by atoms with Crippen molar-refractivity contribution in [1.29, 1.82) is 0 Å². The third kappa shape index (κ3) is 4.83. The lowest BCUT2D eigenvalue weighted by Gasteiger charge is -2.26. The highest BCUT2D eigenvalue weighted by Gasteiger charge is 2.33. The summed E-state index contributed by atoms with van der Waals surface area (Å²) in [7, 11) is -4.42. The second-order valence-electron chi connectivity index (χ2n) is 9.63. The van der Waals surface area contributed by atoms with Crippen molar-refractivity contribution in [3.8, 4) is 28.5 Å². The largest absolute Gasteiger partial charge is 0.493 e. The van der Waals surface area contributed by atoms with Crippen LogP contribution in [-0.4, -0.2) is 34.9 Å². The van der Waals surface area contributed by atoms with Crippen LogP contribution in [0.15, 0.2) is 75.4 Å². The van der Waals surface area contributed by atoms with Crippen molar-refractivity contribution in [2.75, 3.05) is 6.79 Å². The minimum atomic E-state index is -4.42. The predicted octanol–water partition coefficient (Wildman–Crippen LogP) is 5.22. The van der Waals surface area contributed by atoms with E-state index in [1.165, 1.54) is 16.7 Å². The summed E-state index contributed by atoms with van der Waals surface area (Å²) in [6.07, 6.45) is 4.08. The summed E-state index contributed by atoms with van der Waals surface area (Å²) in [6.45, 7) is 5.85. The molecule has 0 fully saturated rings. The van der Waals surface area contributed by atoms with E-state index in [1.54, 1.807) is 24.4 Å². The molecule has 5 rings (SSSR count). The molecule has 0 saturated heterocycles. The molecule has 10 heteroatoms. The van der Waals surface area contributed by atoms with Crippen molar-refractivity contribution >= 4 is 9.84 Å². The Morgan fingerprint density at radius 2 is 1.82 bits per heavy atom. The first kappa shape index (κ1) is 27.4. The molecule has 0 saturated carbocycles. The molecule has 3 heterocycles. The van der Waals surface area contributed by atoms with Gasteiger partial charge in [0.05, 0.1) is 10.9 Å². The topological polar surface area (TPSA) is 121 Å². The Morgan fingerprint density at radius 1 is 1.05 bits per heavy atom. The van der Waals surface area contributed by atoms with Gasteiger partial charge in [0.25, 0.3) is 5.56 Å². The van der Waals surface area contributed by atoms with Crippen molar-refractivity contribution in [3.05, 3.63) is 88.2 Å². The van der Waals surface area contributed by atoms with E-state index in [9.17, 15) is 18.3 Å². The number of fused-ring (bicyclic) bond motifs is 1. The Hall–Kier alpha value is -4.18. The molecule has 1 aliphatic rings. The fraction of sp³-hybridized carbons (Fsp3) is 0.300. The Kier molecular flexibility index (Phi) is 7.62. The zero-order valence-electron chi connectivity index (χ0n) is 22.6. The maximum absolute atomic E-state index is 13.8. The van der Waals surface area contributed by atoms with Crippen molar-refractivity contribution in [3.63, 3.8) is 0 Å². The molecule has 2 aromatic carbocycles. The summed E-state index contributed by atoms with van der Waals surface area (Å²) in [5.41, 5.74) is 2.17. The molecule has 1 aliphatic heterocycles. The van der Waals surface area contributed by atoms with Crippen LogP contribution in [-0.2, 0) is 16.3 Å². The van der Waals surface area contributed by atoms with Crippen LogP contribution in [0.25, 0.3) is 11.1 Å². The zero-order chi connectivity index (χ0) is 28.4. The van der Waals surface area contributed by atoms with E-state index in [-0.39, 0.29) is 11.7 Å². The molecule has 4 aromatic rings. The van der Waals surface area contributed by atoms with Crippen LogP contribution in [0.5, 0.6) is 17.4 Å². The quantitative estimate of drug-likeness (QED) is 0.295. The van der Waals surface area contributed by atoms with E-state index in [2.05, 4.69) is 9.97 Å². The number of aromatic nitrogens is 3. The van der Waals surface area contributed by atoms with Gasteiger partial charge in [0.1, 0.15) is 5.82 Å². The number of aromatic hydroxyl groups is 1. The SMILES string of the molecule is CCCCc1nc(=O)c(S(=O)(=O)c2ccc(-c3cccnc3C)cc2)c(O)n1[C@@H](CC)c1cccc2c1OCO2. The maximum atomic E-state index is 13.8. The fourth-order valence-electron chi connectivity index (χ4n) is 5.10. The van der Waals surface area contributed by atoms with Gasteiger partial charge in [-0.3, -0.25) is 14.3 Å². The monoisotopic (exact) mass is 561 g/mol. The summed E-state index contributed by atoms with van der Waals surface area (Å²) in [4.78, 5) is 20.9. The number of hydrogen-bond acceptors (Lipinski definition) is 8. The number of hydrogen-bond donors (Lipinski definition) is 1. The van der Waals surface area contributed by atoms with Gasteiger partial charge in [-0.1, -0.05) is 50.6 Å². The normalized spacial score (nSPS) is 13.4. The summed E-state index contributed by atoms with van der Waals surface area (Å²) in [5, 5.41) is 11.6. The predicted molar refractivity (Wildman–Crippen MR) is 150 cm³/mol. The molecule has 208 valence electrons. The van der Waals surface area contributed by atoms with Crippen LogP contribution in [0.2, 0.25) is 0 Å². The van der Waals surface area contributed by atoms with E-state index in [0.29, 0.717) is 42.1 Å². The van der Waals surface area contributed by atoms with Gasteiger partial charge in [-0.2, -0.15) is 4.98 Å². The number of aryl methyl sites for hydroxylation is 2. The summed E-state index contributed by atoms with van der Waals surface area (Å²) in [6, 6.07) is 14.8. The molecule has 40 heavy (non-hydrogen) atoms. The van der Waals surface area contributed by atoms with E-state index in [4.69, 9.17) is 9.47 Å². The highest BCUT2D eigenvalue weighted by molar-refractivity contribution is 7.91. The Morgan fingerprint density at radius 3 is 2.52 bits per heavy atom. The molecule has 0 unspecified atom stereocenters. The van der Waals surface area contributed by atoms with Crippen molar-refractivity contribution in [1.82, 2.24) is 14.5 Å². The van der Waals surface area contributed by atoms with E-state index in [0.717, 1.165) is 23.2 Å². The number of unbranched alkanes of at least 4 members (excludes halogenated alkanes) is 1. The second-order valence-corrected chi connectivity index (χ2v) is 11.5. The number of sulfone groups is 1. The lowest BCUT2D eigenvalue weighted by atomic mass is 10.0. The molecule has 1 N–H and O–H groups in total. The Bertz CT molecular complexity index is 1710. The van der Waals surface area contributed by atoms with Crippen LogP contribution < -0.4 is 15.0 Å². The molecule has 0 radical (unpaired) electrons. The molecule has 2 aromatic heterocycles. The summed E-state index contributed by atoms with van der Waals surface area (Å²) in [5.74, 6) is 0.770. The number of benzene rings is 2. The second kappa shape index (κ2) is 11.1. The van der Waals surface area contributed by atoms with Crippen LogP contribution >= 0.6 is 0 Å². The number of ether oxygens (including phenoxy) is 2. The molecular weight excluding hydrogens is 530 g/mol. The maximum Gasteiger partial charge on any atom is 0.296 e. The van der Waals surface area contributed by atoms with Crippen LogP contribution in [0.4, 0.5) is 0 Å². The average Bonchev–Trinajstić information content (AvgIpc) is 3.43. The fourth-order valence-corrected chi connectivity index (χ4v) is 6.44. The third-order valence-corrected chi connectivity index (χ3v) is 8.91. The smallest absolute Gasteiger partial charge is 0.296 e. The molecular formula is C30H31N3O6S. The van der Waals surface area contributed by atoms with Crippen molar-refractivity contribution < 1.29 is 23.0 Å². The Labute approximate surface area is 233 Å². The molecule has 1 atom stereocenters. The van der Waals surface area contributed by atoms with Gasteiger partial charge in [0, 0.05) is 29.4 Å². The van der Waals surface area contributed by atoms with Gasteiger partial charge in [-0.25, -0.2) is 8.42 Å². The summed E-state index contributed by atoms with van der Waals surface area (Å²) < 4.78 is 40.4. The van der Waals surface area contributed by atoms with E-state index < -0.39 is 32.2 Å². The number of nitrogens with zero attached hydrogens (tertiary/aromatic N) is 3. The van der Waals surface area contributed by atoms with Crippen LogP contribution in [0.1, 0.15) is 56.2 Å². The first-order valence-electron chi connectivity index (χ1n) is 13.3. The van der Waals surface area contributed by atoms with Crippen molar-refractivity contribution in [2.45, 2.75) is 62.3 Å². The minimum absolute atomic E-state index is 0.0636. The third-order valence-electron chi connectivity index (χ3n) is 7.12. The summed E-state index contributed by atoms with van der Waals surface area (Å²) >= 11 is 0. The van der Waals surface area contributed by atoms with Crippen molar-refractivity contribution in [2.24, 2.45) is 0 Å². The number of para-hydroxylation sites is 1. The average molecular weight is 562 g/mol. The standard InChI is InChI=1S/C30H31N3O6S/c1-4-6-12-26-32-29(34)28(30(35)33(26)24(5-2)23-9-7-11-25-27(23)39-18-38-25)40(36,37)21-15-13-20(14-16-21)22-10-8-17-31-19(22)3/h7-11,13-17,24,35H,4-6,12,18H2,1-3H3/t24-/m0/s1. The van der Waals surface area contributed by atoms with Gasteiger partial charge in [0.15, 0.2) is 16.4 Å². The van der Waals surface area contributed by atoms with Crippen LogP contribution in [0.3, 0.4) is 0 Å². The lowest BCUT2D eigenvalue weighted by Crippen LogP contribution is -2.27. The molecule has 0 spiro atoms.